The van der Waals surface area contributed by atoms with Gasteiger partial charge in [0, 0.05) is 32.4 Å². The second-order valence-electron chi connectivity index (χ2n) is 5.06. The van der Waals surface area contributed by atoms with E-state index in [1.807, 2.05) is 13.8 Å². The van der Waals surface area contributed by atoms with Crippen molar-refractivity contribution < 1.29 is 14.3 Å². The van der Waals surface area contributed by atoms with Gasteiger partial charge >= 0.3 is 0 Å². The van der Waals surface area contributed by atoms with Gasteiger partial charge in [0.05, 0.1) is 25.3 Å². The molecule has 1 aromatic rings. The Labute approximate surface area is 119 Å². The van der Waals surface area contributed by atoms with Gasteiger partial charge in [-0.05, 0) is 13.8 Å². The number of hydrogen-bond acceptors (Lipinski definition) is 5. The van der Waals surface area contributed by atoms with Crippen molar-refractivity contribution in [3.63, 3.8) is 0 Å². The molecule has 0 aliphatic carbocycles. The lowest BCUT2D eigenvalue weighted by Crippen LogP contribution is -2.41. The van der Waals surface area contributed by atoms with Gasteiger partial charge in [0.25, 0.3) is 0 Å². The van der Waals surface area contributed by atoms with Crippen LogP contribution in [0.5, 0.6) is 11.5 Å². The molecule has 0 saturated carbocycles. The number of methoxy groups -OCH3 is 2. The van der Waals surface area contributed by atoms with Crippen LogP contribution in [0.1, 0.15) is 19.5 Å². The van der Waals surface area contributed by atoms with Crippen molar-refractivity contribution in [2.24, 2.45) is 5.41 Å². The first-order chi connectivity index (χ1) is 9.46. The van der Waals surface area contributed by atoms with E-state index in [1.54, 1.807) is 33.5 Å². The van der Waals surface area contributed by atoms with Crippen LogP contribution in [-0.2, 0) is 11.3 Å². The summed E-state index contributed by atoms with van der Waals surface area (Å²) in [5.41, 5.74) is 0.264. The molecule has 0 fully saturated rings. The minimum absolute atomic E-state index is 0.00411. The molecule has 1 amide bonds. The number of nitrogens with one attached hydrogen (secondary N) is 2. The summed E-state index contributed by atoms with van der Waals surface area (Å²) < 4.78 is 10.5. The van der Waals surface area contributed by atoms with Crippen LogP contribution < -0.4 is 20.1 Å². The van der Waals surface area contributed by atoms with E-state index in [9.17, 15) is 4.79 Å². The van der Waals surface area contributed by atoms with Gasteiger partial charge in [-0.2, -0.15) is 0 Å². The lowest BCUT2D eigenvalue weighted by atomic mass is 9.92. The third kappa shape index (κ3) is 3.84. The summed E-state index contributed by atoms with van der Waals surface area (Å²) in [5.74, 6) is 1.25. The highest BCUT2D eigenvalue weighted by Crippen LogP contribution is 2.28. The average Bonchev–Trinajstić information content (AvgIpc) is 2.45. The Morgan fingerprint density at radius 2 is 2.05 bits per heavy atom. The molecule has 0 bridgehead atoms. The maximum atomic E-state index is 11.7. The Kier molecular flexibility index (Phi) is 5.76. The molecule has 6 nitrogen and oxygen atoms in total. The van der Waals surface area contributed by atoms with Gasteiger partial charge in [-0.3, -0.25) is 9.78 Å². The number of nitrogens with zero attached hydrogens (tertiary/aromatic N) is 1. The maximum absolute atomic E-state index is 11.7. The molecule has 6 heteroatoms. The minimum atomic E-state index is -0.485. The van der Waals surface area contributed by atoms with Crippen LogP contribution in [0, 0.1) is 5.41 Å². The van der Waals surface area contributed by atoms with E-state index in [0.717, 1.165) is 5.69 Å². The number of amides is 1. The van der Waals surface area contributed by atoms with E-state index in [4.69, 9.17) is 9.47 Å². The second kappa shape index (κ2) is 7.09. The first kappa shape index (κ1) is 16.2. The standard InChI is InChI=1S/C14H23N3O3/c1-14(2,13(18)15-3)9-16-8-10-12(20-5)11(19-4)6-7-17-10/h6-7,16H,8-9H2,1-5H3,(H,15,18). The molecule has 1 rings (SSSR count). The number of carbonyl (C=O) groups is 1. The topological polar surface area (TPSA) is 72.5 Å². The fourth-order valence-electron chi connectivity index (χ4n) is 1.89. The number of hydrogen-bond donors (Lipinski definition) is 2. The van der Waals surface area contributed by atoms with Crippen molar-refractivity contribution in [1.29, 1.82) is 0 Å². The van der Waals surface area contributed by atoms with Gasteiger partial charge in [0.2, 0.25) is 5.91 Å². The van der Waals surface area contributed by atoms with Crippen LogP contribution >= 0.6 is 0 Å². The smallest absolute Gasteiger partial charge is 0.226 e. The number of pyridine rings is 1. The molecule has 0 aliphatic heterocycles. The SMILES string of the molecule is CNC(=O)C(C)(C)CNCc1nccc(OC)c1OC. The normalized spacial score (nSPS) is 11.1. The van der Waals surface area contributed by atoms with E-state index in [1.165, 1.54) is 0 Å². The van der Waals surface area contributed by atoms with Crippen molar-refractivity contribution in [2.45, 2.75) is 20.4 Å². The van der Waals surface area contributed by atoms with E-state index in [0.29, 0.717) is 24.6 Å². The third-order valence-corrected chi connectivity index (χ3v) is 3.07. The summed E-state index contributed by atoms with van der Waals surface area (Å²) in [4.78, 5) is 16.0. The Morgan fingerprint density at radius 1 is 1.35 bits per heavy atom. The van der Waals surface area contributed by atoms with Crippen LogP contribution in [-0.4, -0.2) is 38.7 Å². The highest BCUT2D eigenvalue weighted by atomic mass is 16.5. The van der Waals surface area contributed by atoms with Gasteiger partial charge in [0.1, 0.15) is 0 Å². The predicted octanol–water partition coefficient (Wildman–Crippen LogP) is 0.961. The van der Waals surface area contributed by atoms with E-state index in [-0.39, 0.29) is 5.91 Å². The first-order valence-corrected chi connectivity index (χ1v) is 6.45. The average molecular weight is 281 g/mol. The van der Waals surface area contributed by atoms with Gasteiger partial charge in [-0.1, -0.05) is 0 Å². The van der Waals surface area contributed by atoms with E-state index < -0.39 is 5.41 Å². The number of rotatable bonds is 7. The van der Waals surface area contributed by atoms with E-state index in [2.05, 4.69) is 15.6 Å². The van der Waals surface area contributed by atoms with Crippen molar-refractivity contribution >= 4 is 5.91 Å². The molecule has 0 atom stereocenters. The summed E-state index contributed by atoms with van der Waals surface area (Å²) in [7, 11) is 4.80. The van der Waals surface area contributed by atoms with Gasteiger partial charge < -0.3 is 20.1 Å². The third-order valence-electron chi connectivity index (χ3n) is 3.07. The lowest BCUT2D eigenvalue weighted by molar-refractivity contribution is -0.128. The Balaban J connectivity index is 2.69. The molecule has 0 unspecified atom stereocenters. The zero-order valence-electron chi connectivity index (χ0n) is 12.7. The fraction of sp³-hybridized carbons (Fsp3) is 0.571. The Morgan fingerprint density at radius 3 is 2.60 bits per heavy atom. The van der Waals surface area contributed by atoms with Gasteiger partial charge in [-0.15, -0.1) is 0 Å². The first-order valence-electron chi connectivity index (χ1n) is 6.45. The molecule has 0 saturated heterocycles. The summed E-state index contributed by atoms with van der Waals surface area (Å²) >= 11 is 0. The lowest BCUT2D eigenvalue weighted by Gasteiger charge is -2.23. The van der Waals surface area contributed by atoms with Crippen molar-refractivity contribution in [1.82, 2.24) is 15.6 Å². The van der Waals surface area contributed by atoms with Crippen molar-refractivity contribution in [3.8, 4) is 11.5 Å². The number of carbonyl (C=O) groups excluding carboxylic acids is 1. The molecule has 112 valence electrons. The van der Waals surface area contributed by atoms with Gasteiger partial charge in [0.15, 0.2) is 11.5 Å². The molecule has 1 aromatic heterocycles. The van der Waals surface area contributed by atoms with Crippen LogP contribution in [0.4, 0.5) is 0 Å². The highest BCUT2D eigenvalue weighted by Gasteiger charge is 2.26. The van der Waals surface area contributed by atoms with Crippen molar-refractivity contribution in [3.05, 3.63) is 18.0 Å². The van der Waals surface area contributed by atoms with Crippen molar-refractivity contribution in [2.75, 3.05) is 27.8 Å². The van der Waals surface area contributed by atoms with Crippen LogP contribution in [0.2, 0.25) is 0 Å². The van der Waals surface area contributed by atoms with Gasteiger partial charge in [-0.25, -0.2) is 0 Å². The molecule has 1 heterocycles. The summed E-state index contributed by atoms with van der Waals surface area (Å²) in [5, 5.41) is 5.88. The molecule has 0 aromatic carbocycles. The second-order valence-corrected chi connectivity index (χ2v) is 5.06. The molecule has 0 aliphatic rings. The van der Waals surface area contributed by atoms with Crippen LogP contribution in [0.15, 0.2) is 12.3 Å². The molecule has 0 radical (unpaired) electrons. The minimum Gasteiger partial charge on any atom is -0.493 e. The highest BCUT2D eigenvalue weighted by molar-refractivity contribution is 5.81. The monoisotopic (exact) mass is 281 g/mol. The zero-order chi connectivity index (χ0) is 15.2. The quantitative estimate of drug-likeness (QED) is 0.779. The molecule has 20 heavy (non-hydrogen) atoms. The number of ether oxygens (including phenoxy) is 2. The van der Waals surface area contributed by atoms with E-state index >= 15 is 0 Å². The summed E-state index contributed by atoms with van der Waals surface area (Å²) in [6.07, 6.45) is 1.67. The Hall–Kier alpha value is -1.82. The molecule has 2 N–H and O–H groups in total. The largest absolute Gasteiger partial charge is 0.493 e. The predicted molar refractivity (Wildman–Crippen MR) is 76.9 cm³/mol. The molecule has 0 spiro atoms. The summed E-state index contributed by atoms with van der Waals surface area (Å²) in [6, 6.07) is 1.75. The van der Waals surface area contributed by atoms with Crippen LogP contribution in [0.25, 0.3) is 0 Å². The molecular weight excluding hydrogens is 258 g/mol. The van der Waals surface area contributed by atoms with Crippen LogP contribution in [0.3, 0.4) is 0 Å². The fourth-order valence-corrected chi connectivity index (χ4v) is 1.89. The zero-order valence-corrected chi connectivity index (χ0v) is 12.7. The Bertz CT molecular complexity index is 461. The summed E-state index contributed by atoms with van der Waals surface area (Å²) in [6.45, 7) is 4.81. The maximum Gasteiger partial charge on any atom is 0.226 e. The number of aromatic nitrogens is 1. The molecular formula is C14H23N3O3.